The predicted octanol–water partition coefficient (Wildman–Crippen LogP) is 5.77. The van der Waals surface area contributed by atoms with Crippen LogP contribution in [0.1, 0.15) is 121 Å². The van der Waals surface area contributed by atoms with Crippen molar-refractivity contribution in [2.45, 2.75) is 109 Å². The second-order valence-corrected chi connectivity index (χ2v) is 10.7. The fourth-order valence-electron chi connectivity index (χ4n) is 4.72. The minimum atomic E-state index is -0.864. The summed E-state index contributed by atoms with van der Waals surface area (Å²) < 4.78 is 11.4. The quantitative estimate of drug-likeness (QED) is 0.484. The first-order chi connectivity index (χ1) is 14.0. The number of carbonyl (C=O) groups excluding carboxylic acids is 1. The maximum absolute atomic E-state index is 12.5. The SMILES string of the molecule is CC(C)CC1CC(c2onc([C@@H](CCC(=O)O)CC(=O)OC(C)(C)C)c2C2CC2)C1. The predicted molar refractivity (Wildman–Crippen MR) is 113 cm³/mol. The van der Waals surface area contributed by atoms with Crippen molar-refractivity contribution in [3.8, 4) is 0 Å². The molecule has 2 aliphatic carbocycles. The molecule has 0 bridgehead atoms. The van der Waals surface area contributed by atoms with Gasteiger partial charge in [0.15, 0.2) is 0 Å². The first-order valence-electron chi connectivity index (χ1n) is 11.5. The third kappa shape index (κ3) is 6.08. The van der Waals surface area contributed by atoms with Crippen LogP contribution in [-0.2, 0) is 14.3 Å². The molecule has 0 aromatic carbocycles. The fraction of sp³-hybridized carbons (Fsp3) is 0.792. The molecule has 0 spiro atoms. The summed E-state index contributed by atoms with van der Waals surface area (Å²) in [5, 5.41) is 13.6. The third-order valence-corrected chi connectivity index (χ3v) is 6.11. The van der Waals surface area contributed by atoms with Crippen LogP contribution >= 0.6 is 0 Å². The molecule has 2 aliphatic rings. The summed E-state index contributed by atoms with van der Waals surface area (Å²) in [6.45, 7) is 10.0. The Bertz CT molecular complexity index is 750. The number of carboxylic acid groups (broad SMARTS) is 1. The van der Waals surface area contributed by atoms with E-state index in [-0.39, 0.29) is 24.7 Å². The van der Waals surface area contributed by atoms with E-state index in [1.54, 1.807) is 0 Å². The van der Waals surface area contributed by atoms with E-state index >= 15 is 0 Å². The Morgan fingerprint density at radius 3 is 2.40 bits per heavy atom. The normalized spacial score (nSPS) is 22.6. The van der Waals surface area contributed by atoms with E-state index in [1.807, 2.05) is 20.8 Å². The highest BCUT2D eigenvalue weighted by molar-refractivity contribution is 5.71. The molecule has 1 N–H and O–H groups in total. The highest BCUT2D eigenvalue weighted by Crippen LogP contribution is 2.52. The van der Waals surface area contributed by atoms with Gasteiger partial charge in [0.1, 0.15) is 11.4 Å². The number of rotatable bonds is 10. The Labute approximate surface area is 179 Å². The minimum absolute atomic E-state index is 0.000342. The van der Waals surface area contributed by atoms with Gasteiger partial charge in [-0.2, -0.15) is 0 Å². The van der Waals surface area contributed by atoms with Gasteiger partial charge in [0, 0.05) is 23.8 Å². The maximum atomic E-state index is 12.5. The maximum Gasteiger partial charge on any atom is 0.306 e. The number of aliphatic carboxylic acids is 1. The molecular formula is C24H37NO5. The molecule has 30 heavy (non-hydrogen) atoms. The van der Waals surface area contributed by atoms with Gasteiger partial charge >= 0.3 is 11.9 Å². The average molecular weight is 420 g/mol. The van der Waals surface area contributed by atoms with E-state index in [0.29, 0.717) is 24.2 Å². The van der Waals surface area contributed by atoms with Crippen molar-refractivity contribution in [1.29, 1.82) is 0 Å². The number of esters is 1. The molecule has 0 aliphatic heterocycles. The summed E-state index contributed by atoms with van der Waals surface area (Å²) >= 11 is 0. The molecule has 1 aromatic heterocycles. The Morgan fingerprint density at radius 2 is 1.87 bits per heavy atom. The summed E-state index contributed by atoms with van der Waals surface area (Å²) in [7, 11) is 0. The van der Waals surface area contributed by atoms with Gasteiger partial charge in [-0.1, -0.05) is 19.0 Å². The molecule has 2 fully saturated rings. The highest BCUT2D eigenvalue weighted by Gasteiger charge is 2.41. The van der Waals surface area contributed by atoms with Crippen LogP contribution in [0.3, 0.4) is 0 Å². The number of hydrogen-bond donors (Lipinski definition) is 1. The van der Waals surface area contributed by atoms with E-state index in [1.165, 1.54) is 12.0 Å². The summed E-state index contributed by atoms with van der Waals surface area (Å²) in [5.41, 5.74) is 1.40. The lowest BCUT2D eigenvalue weighted by atomic mass is 9.69. The average Bonchev–Trinajstić information content (AvgIpc) is 3.31. The van der Waals surface area contributed by atoms with Gasteiger partial charge in [0.2, 0.25) is 0 Å². The van der Waals surface area contributed by atoms with Crippen molar-refractivity contribution in [2.24, 2.45) is 11.8 Å². The van der Waals surface area contributed by atoms with Gasteiger partial charge in [-0.15, -0.1) is 0 Å². The molecule has 6 heteroatoms. The Balaban J connectivity index is 1.78. The van der Waals surface area contributed by atoms with E-state index in [0.717, 1.165) is 43.1 Å². The fourth-order valence-corrected chi connectivity index (χ4v) is 4.72. The van der Waals surface area contributed by atoms with Crippen molar-refractivity contribution in [2.75, 3.05) is 0 Å². The number of nitrogens with zero attached hydrogens (tertiary/aromatic N) is 1. The van der Waals surface area contributed by atoms with Gasteiger partial charge in [-0.25, -0.2) is 0 Å². The lowest BCUT2D eigenvalue weighted by molar-refractivity contribution is -0.155. The molecular weight excluding hydrogens is 382 g/mol. The first kappa shape index (κ1) is 22.8. The van der Waals surface area contributed by atoms with Crippen LogP contribution < -0.4 is 0 Å². The molecule has 168 valence electrons. The van der Waals surface area contributed by atoms with Crippen LogP contribution in [-0.4, -0.2) is 27.8 Å². The third-order valence-electron chi connectivity index (χ3n) is 6.11. The Kier molecular flexibility index (Phi) is 6.93. The second-order valence-electron chi connectivity index (χ2n) is 10.7. The molecule has 3 rings (SSSR count). The summed E-state index contributed by atoms with van der Waals surface area (Å²) in [6.07, 6.45) is 6.24. The molecule has 0 unspecified atom stereocenters. The topological polar surface area (TPSA) is 89.6 Å². The number of ether oxygens (including phenoxy) is 1. The van der Waals surface area contributed by atoms with Crippen LogP contribution in [0.25, 0.3) is 0 Å². The van der Waals surface area contributed by atoms with Crippen molar-refractivity contribution in [3.63, 3.8) is 0 Å². The van der Waals surface area contributed by atoms with Crippen molar-refractivity contribution < 1.29 is 24.0 Å². The number of carbonyl (C=O) groups is 2. The molecule has 1 aromatic rings. The van der Waals surface area contributed by atoms with E-state index in [9.17, 15) is 14.7 Å². The van der Waals surface area contributed by atoms with Crippen molar-refractivity contribution >= 4 is 11.9 Å². The largest absolute Gasteiger partial charge is 0.481 e. The van der Waals surface area contributed by atoms with Gasteiger partial charge in [-0.05, 0) is 77.0 Å². The van der Waals surface area contributed by atoms with Crippen LogP contribution in [0.15, 0.2) is 4.52 Å². The zero-order chi connectivity index (χ0) is 22.1. The molecule has 0 radical (unpaired) electrons. The second kappa shape index (κ2) is 9.11. The molecule has 1 heterocycles. The van der Waals surface area contributed by atoms with Crippen LogP contribution in [0.5, 0.6) is 0 Å². The van der Waals surface area contributed by atoms with Gasteiger partial charge in [0.05, 0.1) is 12.1 Å². The monoisotopic (exact) mass is 419 g/mol. The molecule has 0 saturated heterocycles. The number of hydrogen-bond acceptors (Lipinski definition) is 5. The van der Waals surface area contributed by atoms with Crippen LogP contribution in [0, 0.1) is 11.8 Å². The van der Waals surface area contributed by atoms with Gasteiger partial charge in [0.25, 0.3) is 0 Å². The standard InChI is InChI=1S/C24H37NO5/c1-14(2)10-15-11-18(12-15)23-21(16-6-7-16)22(25-30-23)17(8-9-19(26)27)13-20(28)29-24(3,4)5/h14-18H,6-13H2,1-5H3,(H,26,27)/t15?,17-,18?/m0/s1. The summed E-state index contributed by atoms with van der Waals surface area (Å²) in [5.74, 6) is 1.84. The minimum Gasteiger partial charge on any atom is -0.481 e. The molecule has 6 nitrogen and oxygen atoms in total. The highest BCUT2D eigenvalue weighted by atomic mass is 16.6. The van der Waals surface area contributed by atoms with Gasteiger partial charge < -0.3 is 14.4 Å². The Hall–Kier alpha value is -1.85. The van der Waals surface area contributed by atoms with E-state index in [4.69, 9.17) is 9.26 Å². The zero-order valence-electron chi connectivity index (χ0n) is 19.1. The first-order valence-corrected chi connectivity index (χ1v) is 11.5. The lowest BCUT2D eigenvalue weighted by Gasteiger charge is -2.35. The molecule has 2 saturated carbocycles. The number of carboxylic acids is 1. The number of aromatic nitrogens is 1. The smallest absolute Gasteiger partial charge is 0.306 e. The molecule has 0 amide bonds. The van der Waals surface area contributed by atoms with Crippen molar-refractivity contribution in [1.82, 2.24) is 5.16 Å². The van der Waals surface area contributed by atoms with Gasteiger partial charge in [-0.3, -0.25) is 9.59 Å². The van der Waals surface area contributed by atoms with Crippen LogP contribution in [0.2, 0.25) is 0 Å². The van der Waals surface area contributed by atoms with Crippen LogP contribution in [0.4, 0.5) is 0 Å². The Morgan fingerprint density at radius 1 is 1.20 bits per heavy atom. The molecule has 1 atom stereocenters. The van der Waals surface area contributed by atoms with Crippen molar-refractivity contribution in [3.05, 3.63) is 17.0 Å². The summed E-state index contributed by atoms with van der Waals surface area (Å²) in [4.78, 5) is 23.7. The summed E-state index contributed by atoms with van der Waals surface area (Å²) in [6, 6.07) is 0. The lowest BCUT2D eigenvalue weighted by Crippen LogP contribution is -2.25. The zero-order valence-corrected chi connectivity index (χ0v) is 19.1. The van der Waals surface area contributed by atoms with E-state index in [2.05, 4.69) is 19.0 Å². The van der Waals surface area contributed by atoms with E-state index < -0.39 is 11.6 Å².